The Morgan fingerprint density at radius 2 is 1.97 bits per heavy atom. The molecule has 1 unspecified atom stereocenters. The number of thiophene rings is 1. The number of aromatic nitrogens is 2. The average molecular weight is 448 g/mol. The molecule has 2 aromatic carbocycles. The predicted octanol–water partition coefficient (Wildman–Crippen LogP) is 5.34. The van der Waals surface area contributed by atoms with Gasteiger partial charge in [-0.3, -0.25) is 14.2 Å². The second-order valence-corrected chi connectivity index (χ2v) is 8.56. The van der Waals surface area contributed by atoms with Gasteiger partial charge in [-0.25, -0.2) is 4.98 Å². The minimum atomic E-state index is -0.749. The van der Waals surface area contributed by atoms with Gasteiger partial charge in [0.25, 0.3) is 5.56 Å². The second-order valence-electron chi connectivity index (χ2n) is 7.70. The molecular formula is C25H25N3O3S. The fourth-order valence-electron chi connectivity index (χ4n) is 3.75. The van der Waals surface area contributed by atoms with Crippen molar-refractivity contribution in [2.45, 2.75) is 33.7 Å². The number of para-hydroxylation sites is 2. The second kappa shape index (κ2) is 8.96. The summed E-state index contributed by atoms with van der Waals surface area (Å²) in [7, 11) is 0. The van der Waals surface area contributed by atoms with Crippen molar-refractivity contribution in [1.29, 1.82) is 0 Å². The normalized spacial score (nSPS) is 12.0. The molecule has 7 heteroatoms. The van der Waals surface area contributed by atoms with Crippen LogP contribution in [0.15, 0.2) is 59.0 Å². The summed E-state index contributed by atoms with van der Waals surface area (Å²) in [5, 5.41) is 5.38. The Bertz CT molecular complexity index is 1360. The Kier molecular flexibility index (Phi) is 6.10. The monoisotopic (exact) mass is 447 g/mol. The van der Waals surface area contributed by atoms with Gasteiger partial charge in [0.15, 0.2) is 0 Å². The van der Waals surface area contributed by atoms with Crippen molar-refractivity contribution in [3.8, 4) is 16.9 Å². The Morgan fingerprint density at radius 1 is 1.19 bits per heavy atom. The molecule has 2 aromatic heterocycles. The van der Waals surface area contributed by atoms with E-state index >= 15 is 0 Å². The summed E-state index contributed by atoms with van der Waals surface area (Å²) in [5.41, 5.74) is 4.45. The van der Waals surface area contributed by atoms with Crippen LogP contribution in [0.25, 0.3) is 21.3 Å². The number of carbonyl (C=O) groups excluding carboxylic acids is 1. The highest BCUT2D eigenvalue weighted by molar-refractivity contribution is 7.17. The zero-order chi connectivity index (χ0) is 22.8. The van der Waals surface area contributed by atoms with Crippen molar-refractivity contribution in [2.75, 3.05) is 11.9 Å². The maximum atomic E-state index is 13.5. The number of carbonyl (C=O) groups is 1. The van der Waals surface area contributed by atoms with Crippen molar-refractivity contribution < 1.29 is 9.53 Å². The smallest absolute Gasteiger partial charge is 0.263 e. The van der Waals surface area contributed by atoms with Crippen LogP contribution >= 0.6 is 11.3 Å². The Morgan fingerprint density at radius 3 is 2.72 bits per heavy atom. The fraction of sp³-hybridized carbons (Fsp3) is 0.240. The molecule has 0 saturated carbocycles. The van der Waals surface area contributed by atoms with Gasteiger partial charge < -0.3 is 10.1 Å². The summed E-state index contributed by atoms with van der Waals surface area (Å²) in [5.74, 6) is 0.273. The van der Waals surface area contributed by atoms with E-state index in [1.807, 2.05) is 50.4 Å². The first-order valence-electron chi connectivity index (χ1n) is 10.5. The Labute approximate surface area is 190 Å². The van der Waals surface area contributed by atoms with E-state index in [0.29, 0.717) is 28.3 Å². The van der Waals surface area contributed by atoms with E-state index in [2.05, 4.69) is 16.4 Å². The summed E-state index contributed by atoms with van der Waals surface area (Å²) in [6, 6.07) is 12.7. The maximum absolute atomic E-state index is 13.5. The molecular weight excluding hydrogens is 422 g/mol. The fourth-order valence-corrected chi connectivity index (χ4v) is 4.65. The van der Waals surface area contributed by atoms with Crippen LogP contribution in [0.5, 0.6) is 5.75 Å². The van der Waals surface area contributed by atoms with Crippen LogP contribution in [-0.2, 0) is 4.79 Å². The molecule has 0 spiro atoms. The summed E-state index contributed by atoms with van der Waals surface area (Å²) in [4.78, 5) is 31.6. The van der Waals surface area contributed by atoms with Crippen molar-refractivity contribution in [3.05, 3.63) is 75.7 Å². The van der Waals surface area contributed by atoms with Gasteiger partial charge in [-0.15, -0.1) is 11.3 Å². The highest BCUT2D eigenvalue weighted by Crippen LogP contribution is 2.33. The lowest BCUT2D eigenvalue weighted by Crippen LogP contribution is -2.31. The lowest BCUT2D eigenvalue weighted by Gasteiger charge is -2.17. The number of rotatable bonds is 6. The first kappa shape index (κ1) is 21.8. The first-order chi connectivity index (χ1) is 15.4. The van der Waals surface area contributed by atoms with E-state index in [9.17, 15) is 9.59 Å². The summed E-state index contributed by atoms with van der Waals surface area (Å²) < 4.78 is 6.97. The summed E-state index contributed by atoms with van der Waals surface area (Å²) in [6.45, 7) is 8.14. The van der Waals surface area contributed by atoms with Crippen LogP contribution in [0.1, 0.15) is 31.0 Å². The van der Waals surface area contributed by atoms with Gasteiger partial charge in [0.2, 0.25) is 5.91 Å². The first-order valence-corrected chi connectivity index (χ1v) is 11.4. The van der Waals surface area contributed by atoms with E-state index in [1.54, 1.807) is 19.1 Å². The van der Waals surface area contributed by atoms with Gasteiger partial charge in [-0.2, -0.15) is 0 Å². The molecule has 2 heterocycles. The SMILES string of the molecule is CCOc1ccccc1NC(=O)C(C)n1cnc2scc(-c3ccc(C)cc3C)c2c1=O. The molecule has 1 N–H and O–H groups in total. The summed E-state index contributed by atoms with van der Waals surface area (Å²) >= 11 is 1.43. The number of hydrogen-bond donors (Lipinski definition) is 1. The van der Waals surface area contributed by atoms with Gasteiger partial charge in [-0.05, 0) is 51.0 Å². The lowest BCUT2D eigenvalue weighted by atomic mass is 9.99. The standard InChI is InChI=1S/C25H25N3O3S/c1-5-31-21-9-7-6-8-20(21)27-23(29)17(4)28-14-26-24-22(25(28)30)19(13-32-24)18-11-10-15(2)12-16(18)3/h6-14,17H,5H2,1-4H3,(H,27,29). The van der Waals surface area contributed by atoms with Crippen molar-refractivity contribution >= 4 is 33.1 Å². The number of ether oxygens (including phenoxy) is 1. The number of amides is 1. The quantitative estimate of drug-likeness (QED) is 0.433. The number of nitrogens with zero attached hydrogens (tertiary/aromatic N) is 2. The molecule has 4 rings (SSSR count). The molecule has 0 radical (unpaired) electrons. The number of aryl methyl sites for hydroxylation is 2. The largest absolute Gasteiger partial charge is 0.492 e. The van der Waals surface area contributed by atoms with E-state index < -0.39 is 6.04 Å². The van der Waals surface area contributed by atoms with E-state index in [-0.39, 0.29) is 11.5 Å². The van der Waals surface area contributed by atoms with Crippen molar-refractivity contribution in [1.82, 2.24) is 9.55 Å². The third kappa shape index (κ3) is 4.03. The van der Waals surface area contributed by atoms with E-state index in [0.717, 1.165) is 16.7 Å². The highest BCUT2D eigenvalue weighted by Gasteiger charge is 2.21. The molecule has 32 heavy (non-hydrogen) atoms. The number of benzene rings is 2. The van der Waals surface area contributed by atoms with Gasteiger partial charge in [0.05, 0.1) is 24.0 Å². The maximum Gasteiger partial charge on any atom is 0.263 e. The van der Waals surface area contributed by atoms with Crippen LogP contribution in [0.2, 0.25) is 0 Å². The number of anilines is 1. The van der Waals surface area contributed by atoms with Gasteiger partial charge in [0, 0.05) is 10.9 Å². The van der Waals surface area contributed by atoms with Crippen LogP contribution in [0, 0.1) is 13.8 Å². The molecule has 6 nitrogen and oxygen atoms in total. The number of fused-ring (bicyclic) bond motifs is 1. The predicted molar refractivity (Wildman–Crippen MR) is 130 cm³/mol. The van der Waals surface area contributed by atoms with Gasteiger partial charge in [-0.1, -0.05) is 35.9 Å². The highest BCUT2D eigenvalue weighted by atomic mass is 32.1. The molecule has 4 aromatic rings. The van der Waals surface area contributed by atoms with Gasteiger partial charge >= 0.3 is 0 Å². The van der Waals surface area contributed by atoms with Gasteiger partial charge in [0.1, 0.15) is 16.6 Å². The van der Waals surface area contributed by atoms with E-state index in [4.69, 9.17) is 4.74 Å². The molecule has 0 aliphatic rings. The molecule has 0 aliphatic carbocycles. The molecule has 0 fully saturated rings. The average Bonchev–Trinajstić information content (AvgIpc) is 3.20. The lowest BCUT2D eigenvalue weighted by molar-refractivity contribution is -0.118. The third-order valence-corrected chi connectivity index (χ3v) is 6.32. The van der Waals surface area contributed by atoms with Crippen LogP contribution in [0.3, 0.4) is 0 Å². The molecule has 0 saturated heterocycles. The molecule has 0 bridgehead atoms. The molecule has 0 aliphatic heterocycles. The van der Waals surface area contributed by atoms with Crippen molar-refractivity contribution in [3.63, 3.8) is 0 Å². The molecule has 1 atom stereocenters. The number of hydrogen-bond acceptors (Lipinski definition) is 5. The molecule has 164 valence electrons. The van der Waals surface area contributed by atoms with Crippen LogP contribution in [-0.4, -0.2) is 22.1 Å². The Hall–Kier alpha value is -3.45. The Balaban J connectivity index is 1.71. The molecule has 1 amide bonds. The van der Waals surface area contributed by atoms with E-state index in [1.165, 1.54) is 27.8 Å². The minimum Gasteiger partial charge on any atom is -0.492 e. The van der Waals surface area contributed by atoms with Crippen molar-refractivity contribution in [2.24, 2.45) is 0 Å². The third-order valence-electron chi connectivity index (χ3n) is 5.43. The zero-order valence-electron chi connectivity index (χ0n) is 18.5. The zero-order valence-corrected chi connectivity index (χ0v) is 19.3. The minimum absolute atomic E-state index is 0.230. The topological polar surface area (TPSA) is 73.2 Å². The van der Waals surface area contributed by atoms with Crippen LogP contribution < -0.4 is 15.6 Å². The summed E-state index contributed by atoms with van der Waals surface area (Å²) in [6.07, 6.45) is 1.45. The van der Waals surface area contributed by atoms with Crippen LogP contribution in [0.4, 0.5) is 5.69 Å². The number of nitrogens with one attached hydrogen (secondary N) is 1.